The van der Waals surface area contributed by atoms with E-state index in [0.29, 0.717) is 31.3 Å². The zero-order chi connectivity index (χ0) is 15.7. The zero-order valence-corrected chi connectivity index (χ0v) is 13.8. The fourth-order valence-electron chi connectivity index (χ4n) is 2.47. The molecule has 1 atom stereocenters. The second-order valence-corrected chi connectivity index (χ2v) is 6.29. The molecule has 0 aliphatic carbocycles. The minimum absolute atomic E-state index is 0.125. The van der Waals surface area contributed by atoms with Crippen molar-refractivity contribution in [2.45, 2.75) is 39.5 Å². The molecule has 3 N–H and O–H groups in total. The fourth-order valence-corrected chi connectivity index (χ4v) is 2.68. The summed E-state index contributed by atoms with van der Waals surface area (Å²) in [5.41, 5.74) is 6.76. The van der Waals surface area contributed by atoms with Crippen LogP contribution in [0.5, 0.6) is 0 Å². The van der Waals surface area contributed by atoms with Gasteiger partial charge in [-0.3, -0.25) is 4.79 Å². The van der Waals surface area contributed by atoms with E-state index in [1.807, 2.05) is 24.3 Å². The van der Waals surface area contributed by atoms with E-state index in [-0.39, 0.29) is 5.91 Å². The van der Waals surface area contributed by atoms with Crippen LogP contribution in [0.25, 0.3) is 0 Å². The van der Waals surface area contributed by atoms with E-state index in [9.17, 15) is 4.79 Å². The van der Waals surface area contributed by atoms with Crippen LogP contribution in [0, 0.1) is 11.8 Å². The second kappa shape index (κ2) is 9.80. The van der Waals surface area contributed by atoms with Gasteiger partial charge < -0.3 is 11.1 Å². The van der Waals surface area contributed by atoms with Gasteiger partial charge in [-0.2, -0.15) is 0 Å². The van der Waals surface area contributed by atoms with Crippen molar-refractivity contribution in [2.75, 3.05) is 13.1 Å². The summed E-state index contributed by atoms with van der Waals surface area (Å²) < 4.78 is 0. The minimum Gasteiger partial charge on any atom is -0.356 e. The first-order valence-electron chi connectivity index (χ1n) is 7.74. The molecule has 0 aliphatic heterocycles. The third-order valence-electron chi connectivity index (χ3n) is 3.85. The van der Waals surface area contributed by atoms with Crippen LogP contribution in [-0.4, -0.2) is 19.0 Å². The van der Waals surface area contributed by atoms with Crippen LogP contribution in [-0.2, 0) is 11.2 Å². The summed E-state index contributed by atoms with van der Waals surface area (Å²) in [5, 5.41) is 3.71. The summed E-state index contributed by atoms with van der Waals surface area (Å²) >= 11 is 5.93. The lowest BCUT2D eigenvalue weighted by Gasteiger charge is -2.19. The van der Waals surface area contributed by atoms with Gasteiger partial charge in [0.05, 0.1) is 0 Å². The average Bonchev–Trinajstić information content (AvgIpc) is 2.43. The molecule has 1 amide bonds. The Morgan fingerprint density at radius 1 is 1.33 bits per heavy atom. The van der Waals surface area contributed by atoms with Gasteiger partial charge in [-0.15, -0.1) is 0 Å². The van der Waals surface area contributed by atoms with Crippen LogP contribution in [0.2, 0.25) is 5.02 Å². The molecule has 0 saturated carbocycles. The quantitative estimate of drug-likeness (QED) is 0.734. The summed E-state index contributed by atoms with van der Waals surface area (Å²) in [6.45, 7) is 5.73. The second-order valence-electron chi connectivity index (χ2n) is 5.85. The Labute approximate surface area is 133 Å². The van der Waals surface area contributed by atoms with Crippen LogP contribution in [0.3, 0.4) is 0 Å². The van der Waals surface area contributed by atoms with Gasteiger partial charge in [0.1, 0.15) is 0 Å². The Balaban J connectivity index is 2.24. The van der Waals surface area contributed by atoms with Crippen LogP contribution in [0.15, 0.2) is 24.3 Å². The third kappa shape index (κ3) is 7.49. The normalized spacial score (nSPS) is 12.4. The molecule has 0 bridgehead atoms. The van der Waals surface area contributed by atoms with Crippen LogP contribution in [0.1, 0.15) is 38.7 Å². The number of halogens is 1. The van der Waals surface area contributed by atoms with Crippen LogP contribution >= 0.6 is 11.6 Å². The maximum atomic E-state index is 11.9. The molecule has 0 heterocycles. The van der Waals surface area contributed by atoms with E-state index in [2.05, 4.69) is 19.2 Å². The number of carbonyl (C=O) groups is 1. The Kier molecular flexibility index (Phi) is 8.40. The predicted octanol–water partition coefficient (Wildman–Crippen LogP) is 3.40. The van der Waals surface area contributed by atoms with Gasteiger partial charge in [-0.1, -0.05) is 37.6 Å². The van der Waals surface area contributed by atoms with Gasteiger partial charge in [0.15, 0.2) is 0 Å². The highest BCUT2D eigenvalue weighted by atomic mass is 35.5. The maximum absolute atomic E-state index is 11.9. The molecule has 1 aromatic carbocycles. The van der Waals surface area contributed by atoms with Crippen molar-refractivity contribution in [1.29, 1.82) is 0 Å². The highest BCUT2D eigenvalue weighted by molar-refractivity contribution is 6.30. The van der Waals surface area contributed by atoms with E-state index in [0.717, 1.165) is 29.8 Å². The van der Waals surface area contributed by atoms with Gasteiger partial charge in [0.2, 0.25) is 5.91 Å². The van der Waals surface area contributed by atoms with Crippen LogP contribution in [0.4, 0.5) is 0 Å². The monoisotopic (exact) mass is 310 g/mol. The van der Waals surface area contributed by atoms with Gasteiger partial charge in [-0.05, 0) is 55.3 Å². The van der Waals surface area contributed by atoms with E-state index >= 15 is 0 Å². The Morgan fingerprint density at radius 2 is 2.10 bits per heavy atom. The molecular formula is C17H27ClN2O. The standard InChI is InChI=1S/C17H27ClN2O/c1-13(2)15(8-10-19)6-7-17(21)20-11-9-14-4-3-5-16(18)12-14/h3-5,12-13,15H,6-11,19H2,1-2H3,(H,20,21). The maximum Gasteiger partial charge on any atom is 0.220 e. The molecule has 118 valence electrons. The first kappa shape index (κ1) is 18.0. The molecule has 0 aromatic heterocycles. The molecule has 21 heavy (non-hydrogen) atoms. The van der Waals surface area contributed by atoms with Crippen molar-refractivity contribution < 1.29 is 4.79 Å². The van der Waals surface area contributed by atoms with Gasteiger partial charge >= 0.3 is 0 Å². The lowest BCUT2D eigenvalue weighted by atomic mass is 9.88. The van der Waals surface area contributed by atoms with E-state index in [4.69, 9.17) is 17.3 Å². The molecule has 0 aliphatic rings. The first-order chi connectivity index (χ1) is 10.0. The van der Waals surface area contributed by atoms with Crippen molar-refractivity contribution in [3.63, 3.8) is 0 Å². The molecule has 0 fully saturated rings. The molecule has 0 radical (unpaired) electrons. The summed E-state index contributed by atoms with van der Waals surface area (Å²) in [5.74, 6) is 1.24. The average molecular weight is 311 g/mol. The third-order valence-corrected chi connectivity index (χ3v) is 4.08. The Hall–Kier alpha value is -1.06. The number of hydrogen-bond acceptors (Lipinski definition) is 2. The number of amides is 1. The molecule has 1 unspecified atom stereocenters. The Bertz CT molecular complexity index is 435. The molecule has 1 rings (SSSR count). The number of nitrogens with two attached hydrogens (primary N) is 1. The number of carbonyl (C=O) groups excluding carboxylic acids is 1. The summed E-state index contributed by atoms with van der Waals surface area (Å²) in [6, 6.07) is 7.74. The summed E-state index contributed by atoms with van der Waals surface area (Å²) in [6.07, 6.45) is 3.30. The van der Waals surface area contributed by atoms with Crippen LogP contribution < -0.4 is 11.1 Å². The molecular weight excluding hydrogens is 284 g/mol. The summed E-state index contributed by atoms with van der Waals surface area (Å²) in [4.78, 5) is 11.9. The molecule has 3 nitrogen and oxygen atoms in total. The lowest BCUT2D eigenvalue weighted by molar-refractivity contribution is -0.121. The van der Waals surface area contributed by atoms with E-state index in [1.54, 1.807) is 0 Å². The first-order valence-corrected chi connectivity index (χ1v) is 8.12. The smallest absolute Gasteiger partial charge is 0.220 e. The topological polar surface area (TPSA) is 55.1 Å². The van der Waals surface area contributed by atoms with Gasteiger partial charge in [-0.25, -0.2) is 0 Å². The molecule has 4 heteroatoms. The van der Waals surface area contributed by atoms with Crippen molar-refractivity contribution in [2.24, 2.45) is 17.6 Å². The summed E-state index contributed by atoms with van der Waals surface area (Å²) in [7, 11) is 0. The zero-order valence-electron chi connectivity index (χ0n) is 13.1. The largest absolute Gasteiger partial charge is 0.356 e. The number of hydrogen-bond donors (Lipinski definition) is 2. The van der Waals surface area contributed by atoms with Gasteiger partial charge in [0, 0.05) is 18.0 Å². The highest BCUT2D eigenvalue weighted by Crippen LogP contribution is 2.20. The fraction of sp³-hybridized carbons (Fsp3) is 0.588. The molecule has 0 spiro atoms. The lowest BCUT2D eigenvalue weighted by Crippen LogP contribution is -2.26. The SMILES string of the molecule is CC(C)C(CCN)CCC(=O)NCCc1cccc(Cl)c1. The number of rotatable bonds is 9. The van der Waals surface area contributed by atoms with Crippen molar-refractivity contribution in [3.8, 4) is 0 Å². The highest BCUT2D eigenvalue weighted by Gasteiger charge is 2.14. The number of benzene rings is 1. The van der Waals surface area contributed by atoms with Crippen molar-refractivity contribution >= 4 is 17.5 Å². The van der Waals surface area contributed by atoms with Crippen molar-refractivity contribution in [3.05, 3.63) is 34.9 Å². The minimum atomic E-state index is 0.125. The Morgan fingerprint density at radius 3 is 2.71 bits per heavy atom. The van der Waals surface area contributed by atoms with Gasteiger partial charge in [0.25, 0.3) is 0 Å². The molecule has 1 aromatic rings. The van der Waals surface area contributed by atoms with E-state index < -0.39 is 0 Å². The number of nitrogens with one attached hydrogen (secondary N) is 1. The van der Waals surface area contributed by atoms with E-state index in [1.165, 1.54) is 0 Å². The molecule has 0 saturated heterocycles. The van der Waals surface area contributed by atoms with Crippen molar-refractivity contribution in [1.82, 2.24) is 5.32 Å². The predicted molar refractivity (Wildman–Crippen MR) is 89.4 cm³/mol.